The van der Waals surface area contributed by atoms with Crippen LogP contribution in [0.15, 0.2) is 60.3 Å². The van der Waals surface area contributed by atoms with E-state index in [0.717, 1.165) is 27.1 Å². The van der Waals surface area contributed by atoms with E-state index in [2.05, 4.69) is 16.8 Å². The van der Waals surface area contributed by atoms with Crippen LogP contribution >= 0.6 is 46.6 Å². The summed E-state index contributed by atoms with van der Waals surface area (Å²) in [5.74, 6) is 1.46. The summed E-state index contributed by atoms with van der Waals surface area (Å²) in [6.45, 7) is 4.41. The third-order valence-electron chi connectivity index (χ3n) is 3.48. The molecule has 0 saturated carbocycles. The predicted molar refractivity (Wildman–Crippen MR) is 107 cm³/mol. The lowest BCUT2D eigenvalue weighted by atomic mass is 10.2. The zero-order valence-electron chi connectivity index (χ0n) is 13.1. The van der Waals surface area contributed by atoms with Gasteiger partial charge in [-0.25, -0.2) is 0 Å². The van der Waals surface area contributed by atoms with Gasteiger partial charge in [0.25, 0.3) is 0 Å². The number of thioether (sulfide) groups is 1. The lowest BCUT2D eigenvalue weighted by Crippen LogP contribution is -2.01. The Morgan fingerprint density at radius 2 is 1.72 bits per heavy atom. The van der Waals surface area contributed by atoms with Gasteiger partial charge in [0, 0.05) is 27.9 Å². The van der Waals surface area contributed by atoms with Crippen molar-refractivity contribution < 1.29 is 0 Å². The van der Waals surface area contributed by atoms with Crippen molar-refractivity contribution in [2.45, 2.75) is 17.5 Å². The SMILES string of the molecule is C=CCn1c(SCc2ccc(Cl)cc2)nnc1-c1ccc(Cl)cc1Cl. The Bertz CT molecular complexity index is 891. The van der Waals surface area contributed by atoms with Crippen LogP contribution in [0.4, 0.5) is 0 Å². The molecule has 0 atom stereocenters. The van der Waals surface area contributed by atoms with Crippen molar-refractivity contribution in [1.82, 2.24) is 14.8 Å². The fourth-order valence-electron chi connectivity index (χ4n) is 2.29. The average Bonchev–Trinajstić information content (AvgIpc) is 2.97. The second kappa shape index (κ2) is 8.28. The molecule has 0 unspecified atom stereocenters. The molecule has 0 aliphatic heterocycles. The molecular formula is C18H14Cl3N3S. The Kier molecular flexibility index (Phi) is 6.07. The Morgan fingerprint density at radius 1 is 1.00 bits per heavy atom. The maximum absolute atomic E-state index is 6.32. The molecule has 7 heteroatoms. The van der Waals surface area contributed by atoms with Crippen molar-refractivity contribution in [1.29, 1.82) is 0 Å². The summed E-state index contributed by atoms with van der Waals surface area (Å²) in [6, 6.07) is 13.1. The van der Waals surface area contributed by atoms with E-state index < -0.39 is 0 Å². The second-order valence-electron chi connectivity index (χ2n) is 5.24. The van der Waals surface area contributed by atoms with Crippen LogP contribution in [0.5, 0.6) is 0 Å². The smallest absolute Gasteiger partial charge is 0.192 e. The molecule has 2 aromatic carbocycles. The average molecular weight is 411 g/mol. The number of hydrogen-bond acceptors (Lipinski definition) is 3. The Balaban J connectivity index is 1.88. The molecule has 0 aliphatic rings. The van der Waals surface area contributed by atoms with Crippen molar-refractivity contribution in [2.75, 3.05) is 0 Å². The van der Waals surface area contributed by atoms with Gasteiger partial charge < -0.3 is 0 Å². The molecule has 0 bridgehead atoms. The Labute approximate surface area is 165 Å². The van der Waals surface area contributed by atoms with E-state index in [-0.39, 0.29) is 0 Å². The minimum absolute atomic E-state index is 0.541. The molecule has 1 heterocycles. The number of nitrogens with zero attached hydrogens (tertiary/aromatic N) is 3. The van der Waals surface area contributed by atoms with Crippen LogP contribution in [0.1, 0.15) is 5.56 Å². The highest BCUT2D eigenvalue weighted by Gasteiger charge is 2.16. The molecule has 0 N–H and O–H groups in total. The van der Waals surface area contributed by atoms with Gasteiger partial charge in [0.05, 0.1) is 5.02 Å². The number of allylic oxidation sites excluding steroid dienone is 1. The first-order valence-electron chi connectivity index (χ1n) is 7.45. The summed E-state index contributed by atoms with van der Waals surface area (Å²) in [6.07, 6.45) is 1.81. The first-order valence-corrected chi connectivity index (χ1v) is 9.57. The van der Waals surface area contributed by atoms with Crippen LogP contribution in [-0.2, 0) is 12.3 Å². The molecule has 0 radical (unpaired) electrons. The van der Waals surface area contributed by atoms with E-state index in [0.29, 0.717) is 22.4 Å². The number of rotatable bonds is 6. The lowest BCUT2D eigenvalue weighted by molar-refractivity contribution is 0.731. The van der Waals surface area contributed by atoms with Crippen molar-refractivity contribution >= 4 is 46.6 Å². The normalized spacial score (nSPS) is 10.8. The second-order valence-corrected chi connectivity index (χ2v) is 7.47. The molecule has 0 saturated heterocycles. The first kappa shape index (κ1) is 18.3. The van der Waals surface area contributed by atoms with Crippen molar-refractivity contribution in [3.05, 3.63) is 75.8 Å². The highest BCUT2D eigenvalue weighted by atomic mass is 35.5. The van der Waals surface area contributed by atoms with E-state index in [1.54, 1.807) is 23.9 Å². The molecule has 1 aromatic heterocycles. The number of halogens is 3. The quantitative estimate of drug-likeness (QED) is 0.349. The van der Waals surface area contributed by atoms with Gasteiger partial charge in [0.15, 0.2) is 11.0 Å². The highest BCUT2D eigenvalue weighted by Crippen LogP contribution is 2.32. The summed E-state index contributed by atoms with van der Waals surface area (Å²) in [5.41, 5.74) is 1.95. The standard InChI is InChI=1S/C18H14Cl3N3S/c1-2-9-24-17(15-8-7-14(20)10-16(15)21)22-23-18(24)25-11-12-3-5-13(19)6-4-12/h2-8,10H,1,9,11H2. The third kappa shape index (κ3) is 4.39. The monoisotopic (exact) mass is 409 g/mol. The molecule has 3 aromatic rings. The van der Waals surface area contributed by atoms with Crippen LogP contribution in [0.25, 0.3) is 11.4 Å². The van der Waals surface area contributed by atoms with Gasteiger partial charge >= 0.3 is 0 Å². The molecule has 3 nitrogen and oxygen atoms in total. The van der Waals surface area contributed by atoms with Crippen LogP contribution in [0.3, 0.4) is 0 Å². The molecule has 0 aliphatic carbocycles. The highest BCUT2D eigenvalue weighted by molar-refractivity contribution is 7.98. The van der Waals surface area contributed by atoms with Crippen LogP contribution < -0.4 is 0 Å². The number of aromatic nitrogens is 3. The van der Waals surface area contributed by atoms with Gasteiger partial charge in [-0.15, -0.1) is 16.8 Å². The van der Waals surface area contributed by atoms with Gasteiger partial charge in [-0.05, 0) is 35.9 Å². The van der Waals surface area contributed by atoms with E-state index in [9.17, 15) is 0 Å². The van der Waals surface area contributed by atoms with Crippen molar-refractivity contribution in [3.63, 3.8) is 0 Å². The Hall–Kier alpha value is -1.46. The zero-order chi connectivity index (χ0) is 17.8. The van der Waals surface area contributed by atoms with E-state index in [1.165, 1.54) is 0 Å². The summed E-state index contributed by atoms with van der Waals surface area (Å²) in [4.78, 5) is 0. The number of benzene rings is 2. The van der Waals surface area contributed by atoms with Gasteiger partial charge in [-0.3, -0.25) is 4.57 Å². The van der Waals surface area contributed by atoms with Crippen molar-refractivity contribution in [2.24, 2.45) is 0 Å². The van der Waals surface area contributed by atoms with Crippen LogP contribution in [0.2, 0.25) is 15.1 Å². The summed E-state index contributed by atoms with van der Waals surface area (Å²) < 4.78 is 1.99. The van der Waals surface area contributed by atoms with E-state index in [1.807, 2.05) is 41.0 Å². The summed E-state index contributed by atoms with van der Waals surface area (Å²) in [5, 5.41) is 11.3. The molecule has 25 heavy (non-hydrogen) atoms. The van der Waals surface area contributed by atoms with Gasteiger partial charge in [-0.1, -0.05) is 64.8 Å². The lowest BCUT2D eigenvalue weighted by Gasteiger charge is -2.09. The third-order valence-corrected chi connectivity index (χ3v) is 5.32. The maximum Gasteiger partial charge on any atom is 0.192 e. The number of hydrogen-bond donors (Lipinski definition) is 0. The van der Waals surface area contributed by atoms with E-state index >= 15 is 0 Å². The topological polar surface area (TPSA) is 30.7 Å². The fourth-order valence-corrected chi connectivity index (χ4v) is 3.81. The summed E-state index contributed by atoms with van der Waals surface area (Å²) >= 11 is 19.8. The van der Waals surface area contributed by atoms with Crippen LogP contribution in [-0.4, -0.2) is 14.8 Å². The van der Waals surface area contributed by atoms with Gasteiger partial charge in [0.2, 0.25) is 0 Å². The predicted octanol–water partition coefficient (Wildman–Crippen LogP) is 6.38. The van der Waals surface area contributed by atoms with Gasteiger partial charge in [-0.2, -0.15) is 0 Å². The van der Waals surface area contributed by atoms with Crippen molar-refractivity contribution in [3.8, 4) is 11.4 Å². The molecule has 3 rings (SSSR count). The minimum Gasteiger partial charge on any atom is -0.298 e. The fraction of sp³-hybridized carbons (Fsp3) is 0.111. The molecule has 0 spiro atoms. The summed E-state index contributed by atoms with van der Waals surface area (Å²) in [7, 11) is 0. The van der Waals surface area contributed by atoms with Crippen LogP contribution in [0, 0.1) is 0 Å². The first-order chi connectivity index (χ1) is 12.1. The Morgan fingerprint density at radius 3 is 2.40 bits per heavy atom. The van der Waals surface area contributed by atoms with Gasteiger partial charge in [0.1, 0.15) is 0 Å². The van der Waals surface area contributed by atoms with E-state index in [4.69, 9.17) is 34.8 Å². The largest absolute Gasteiger partial charge is 0.298 e. The zero-order valence-corrected chi connectivity index (χ0v) is 16.2. The molecular weight excluding hydrogens is 397 g/mol. The molecule has 0 amide bonds. The molecule has 128 valence electrons. The molecule has 0 fully saturated rings. The minimum atomic E-state index is 0.541. The maximum atomic E-state index is 6.32.